The third kappa shape index (κ3) is 1.52. The average molecular weight is 191 g/mol. The van der Waals surface area contributed by atoms with Gasteiger partial charge in [-0.05, 0) is 12.1 Å². The summed E-state index contributed by atoms with van der Waals surface area (Å²) in [4.78, 5) is 14.4. The van der Waals surface area contributed by atoms with Gasteiger partial charge in [-0.2, -0.15) is 5.10 Å². The molecule has 1 N–H and O–H groups in total. The number of nitrogens with one attached hydrogen (secondary N) is 1. The van der Waals surface area contributed by atoms with Crippen LogP contribution in [-0.2, 0) is 0 Å². The number of aromatic amines is 1. The van der Waals surface area contributed by atoms with E-state index in [9.17, 15) is 9.18 Å². The number of aromatic nitrogens is 3. The SMILES string of the molecule is O=c1cnc(-c2ccccc2F)n[nH]1. The summed E-state index contributed by atoms with van der Waals surface area (Å²) in [6.07, 6.45) is 1.06. The summed E-state index contributed by atoms with van der Waals surface area (Å²) in [5, 5.41) is 5.81. The van der Waals surface area contributed by atoms with Crippen molar-refractivity contribution in [1.82, 2.24) is 15.2 Å². The van der Waals surface area contributed by atoms with E-state index in [0.29, 0.717) is 0 Å². The molecule has 0 bridgehead atoms. The lowest BCUT2D eigenvalue weighted by molar-refractivity contribution is 0.629. The Bertz CT molecular complexity index is 489. The lowest BCUT2D eigenvalue weighted by Crippen LogP contribution is -2.08. The topological polar surface area (TPSA) is 58.6 Å². The second-order valence-corrected chi connectivity index (χ2v) is 2.65. The molecule has 0 aliphatic carbocycles. The van der Waals surface area contributed by atoms with Crippen LogP contribution >= 0.6 is 0 Å². The van der Waals surface area contributed by atoms with Gasteiger partial charge in [0.1, 0.15) is 5.82 Å². The summed E-state index contributed by atoms with van der Waals surface area (Å²) < 4.78 is 13.2. The molecule has 2 rings (SSSR count). The summed E-state index contributed by atoms with van der Waals surface area (Å²) in [6, 6.07) is 6.10. The lowest BCUT2D eigenvalue weighted by atomic mass is 10.2. The van der Waals surface area contributed by atoms with Crippen molar-refractivity contribution >= 4 is 0 Å². The van der Waals surface area contributed by atoms with E-state index in [1.807, 2.05) is 0 Å². The number of H-pyrrole nitrogens is 1. The van der Waals surface area contributed by atoms with Gasteiger partial charge in [-0.3, -0.25) is 4.79 Å². The van der Waals surface area contributed by atoms with E-state index < -0.39 is 11.4 Å². The summed E-state index contributed by atoms with van der Waals surface area (Å²) in [6.45, 7) is 0. The highest BCUT2D eigenvalue weighted by Crippen LogP contribution is 2.16. The molecule has 14 heavy (non-hydrogen) atoms. The monoisotopic (exact) mass is 191 g/mol. The predicted octanol–water partition coefficient (Wildman–Crippen LogP) is 0.971. The second kappa shape index (κ2) is 3.37. The molecule has 5 heteroatoms. The van der Waals surface area contributed by atoms with E-state index >= 15 is 0 Å². The number of benzene rings is 1. The zero-order chi connectivity index (χ0) is 9.97. The van der Waals surface area contributed by atoms with Gasteiger partial charge >= 0.3 is 0 Å². The van der Waals surface area contributed by atoms with Crippen molar-refractivity contribution in [2.45, 2.75) is 0 Å². The Kier molecular flexibility index (Phi) is 2.06. The van der Waals surface area contributed by atoms with Gasteiger partial charge in [-0.25, -0.2) is 14.5 Å². The molecule has 1 aromatic carbocycles. The van der Waals surface area contributed by atoms with Crippen LogP contribution in [0.1, 0.15) is 0 Å². The van der Waals surface area contributed by atoms with Gasteiger partial charge in [-0.1, -0.05) is 12.1 Å². The molecule has 0 saturated carbocycles. The van der Waals surface area contributed by atoms with Crippen molar-refractivity contribution in [2.75, 3.05) is 0 Å². The molecular weight excluding hydrogens is 185 g/mol. The molecule has 1 heterocycles. The third-order valence-electron chi connectivity index (χ3n) is 1.69. The Labute approximate surface area is 78.4 Å². The van der Waals surface area contributed by atoms with Gasteiger partial charge in [0.05, 0.1) is 11.8 Å². The van der Waals surface area contributed by atoms with Gasteiger partial charge in [0.2, 0.25) is 0 Å². The fraction of sp³-hybridized carbons (Fsp3) is 0. The highest BCUT2D eigenvalue weighted by Gasteiger charge is 2.05. The molecule has 1 aromatic heterocycles. The van der Waals surface area contributed by atoms with Crippen LogP contribution in [0.4, 0.5) is 4.39 Å². The molecule has 0 saturated heterocycles. The minimum Gasteiger partial charge on any atom is -0.266 e. The first kappa shape index (κ1) is 8.55. The highest BCUT2D eigenvalue weighted by molar-refractivity contribution is 5.54. The van der Waals surface area contributed by atoms with Crippen molar-refractivity contribution in [3.8, 4) is 11.4 Å². The van der Waals surface area contributed by atoms with Gasteiger partial charge in [0, 0.05) is 0 Å². The Hall–Kier alpha value is -2.04. The molecule has 0 unspecified atom stereocenters. The van der Waals surface area contributed by atoms with E-state index in [1.165, 1.54) is 6.07 Å². The maximum atomic E-state index is 13.2. The average Bonchev–Trinajstić information content (AvgIpc) is 2.20. The molecule has 70 valence electrons. The van der Waals surface area contributed by atoms with Gasteiger partial charge in [0.25, 0.3) is 5.56 Å². The molecule has 0 radical (unpaired) electrons. The fourth-order valence-corrected chi connectivity index (χ4v) is 1.06. The molecule has 0 amide bonds. The van der Waals surface area contributed by atoms with Crippen LogP contribution in [-0.4, -0.2) is 15.2 Å². The number of hydrogen-bond donors (Lipinski definition) is 1. The Balaban J connectivity index is 2.55. The number of nitrogens with zero attached hydrogens (tertiary/aromatic N) is 2. The van der Waals surface area contributed by atoms with E-state index in [2.05, 4.69) is 15.2 Å². The van der Waals surface area contributed by atoms with E-state index in [-0.39, 0.29) is 11.4 Å². The third-order valence-corrected chi connectivity index (χ3v) is 1.69. The van der Waals surface area contributed by atoms with E-state index in [4.69, 9.17) is 0 Å². The summed E-state index contributed by atoms with van der Waals surface area (Å²) in [5.41, 5.74) is -0.145. The van der Waals surface area contributed by atoms with Crippen LogP contribution in [0.3, 0.4) is 0 Å². The largest absolute Gasteiger partial charge is 0.282 e. The van der Waals surface area contributed by atoms with Crippen molar-refractivity contribution in [3.05, 3.63) is 46.6 Å². The van der Waals surface area contributed by atoms with Crippen LogP contribution in [0.15, 0.2) is 35.3 Å². The molecule has 0 atom stereocenters. The maximum Gasteiger partial charge on any atom is 0.282 e. The van der Waals surface area contributed by atoms with Crippen LogP contribution < -0.4 is 5.56 Å². The lowest BCUT2D eigenvalue weighted by Gasteiger charge is -1.98. The standard InChI is InChI=1S/C9H6FN3O/c10-7-4-2-1-3-6(7)9-11-5-8(14)12-13-9/h1-5H,(H,12,14). The fourth-order valence-electron chi connectivity index (χ4n) is 1.06. The van der Waals surface area contributed by atoms with Gasteiger partial charge in [0.15, 0.2) is 5.82 Å². The minimum absolute atomic E-state index is 0.169. The number of hydrogen-bond acceptors (Lipinski definition) is 3. The molecular formula is C9H6FN3O. The first-order valence-corrected chi connectivity index (χ1v) is 3.94. The van der Waals surface area contributed by atoms with Gasteiger partial charge < -0.3 is 0 Å². The first-order chi connectivity index (χ1) is 6.77. The van der Waals surface area contributed by atoms with Crippen LogP contribution in [0.5, 0.6) is 0 Å². The molecule has 0 spiro atoms. The summed E-state index contributed by atoms with van der Waals surface area (Å²) in [5.74, 6) is -0.248. The van der Waals surface area contributed by atoms with Crippen molar-refractivity contribution in [3.63, 3.8) is 0 Å². The normalized spacial score (nSPS) is 10.1. The molecule has 0 fully saturated rings. The maximum absolute atomic E-state index is 13.2. The first-order valence-electron chi connectivity index (χ1n) is 3.94. The Morgan fingerprint density at radius 2 is 2.07 bits per heavy atom. The zero-order valence-corrected chi connectivity index (χ0v) is 7.07. The highest BCUT2D eigenvalue weighted by atomic mass is 19.1. The van der Waals surface area contributed by atoms with Crippen LogP contribution in [0.2, 0.25) is 0 Å². The molecule has 0 aliphatic rings. The Morgan fingerprint density at radius 1 is 1.29 bits per heavy atom. The second-order valence-electron chi connectivity index (χ2n) is 2.65. The van der Waals surface area contributed by atoms with Crippen LogP contribution in [0, 0.1) is 5.82 Å². The Morgan fingerprint density at radius 3 is 2.71 bits per heavy atom. The quantitative estimate of drug-likeness (QED) is 0.730. The minimum atomic E-state index is -0.417. The van der Waals surface area contributed by atoms with Crippen molar-refractivity contribution < 1.29 is 4.39 Å². The zero-order valence-electron chi connectivity index (χ0n) is 7.07. The smallest absolute Gasteiger partial charge is 0.266 e. The number of halogens is 1. The number of rotatable bonds is 1. The van der Waals surface area contributed by atoms with E-state index in [1.54, 1.807) is 18.2 Å². The summed E-state index contributed by atoms with van der Waals surface area (Å²) in [7, 11) is 0. The molecule has 0 aliphatic heterocycles. The van der Waals surface area contributed by atoms with Gasteiger partial charge in [-0.15, -0.1) is 0 Å². The van der Waals surface area contributed by atoms with Crippen molar-refractivity contribution in [1.29, 1.82) is 0 Å². The molecule has 4 nitrogen and oxygen atoms in total. The van der Waals surface area contributed by atoms with E-state index in [0.717, 1.165) is 6.20 Å². The van der Waals surface area contributed by atoms with Crippen LogP contribution in [0.25, 0.3) is 11.4 Å². The van der Waals surface area contributed by atoms with Crippen molar-refractivity contribution in [2.24, 2.45) is 0 Å². The predicted molar refractivity (Wildman–Crippen MR) is 48.0 cm³/mol. The summed E-state index contributed by atoms with van der Waals surface area (Å²) >= 11 is 0. The molecule has 2 aromatic rings.